The smallest absolute Gasteiger partial charge is 0.191 e. The number of guanidine groups is 1. The Morgan fingerprint density at radius 3 is 2.69 bits per heavy atom. The number of piperidine rings is 1. The monoisotopic (exact) mass is 558 g/mol. The molecule has 0 amide bonds. The highest BCUT2D eigenvalue weighted by atomic mass is 127. The van der Waals surface area contributed by atoms with Gasteiger partial charge in [-0.3, -0.25) is 9.89 Å². The summed E-state index contributed by atoms with van der Waals surface area (Å²) in [6, 6.07) is 9.36. The summed E-state index contributed by atoms with van der Waals surface area (Å²) in [4.78, 5) is 7.33. The van der Waals surface area contributed by atoms with Crippen LogP contribution in [0.15, 0.2) is 29.3 Å². The molecule has 0 bridgehead atoms. The molecule has 7 heteroatoms. The van der Waals surface area contributed by atoms with E-state index in [2.05, 4.69) is 53.6 Å². The highest BCUT2D eigenvalue weighted by molar-refractivity contribution is 14.0. The number of ether oxygens (including phenoxy) is 2. The molecule has 0 aromatic heterocycles. The number of rotatable bonds is 10. The molecule has 2 fully saturated rings. The summed E-state index contributed by atoms with van der Waals surface area (Å²) in [5.74, 6) is 1.62. The molecule has 2 heterocycles. The molecule has 0 saturated carbocycles. The standard InChI is InChI=1S/C25H42N4O2.HI/c1-3-26-25(27-12-5-15-31-20-22-10-16-30-17-11-22)28-24-8-13-29(14-9-24)19-23-7-4-6-21(2)18-23;/h4,6-7,18,22,24H,3,5,8-17,19-20H2,1-2H3,(H2,26,27,28);1H. The van der Waals surface area contributed by atoms with Crippen molar-refractivity contribution in [2.45, 2.75) is 58.5 Å². The SMILES string of the molecule is CCNC(=NCCCOCC1CCOCC1)NC1CCN(Cc2cccc(C)c2)CC1.I. The minimum atomic E-state index is 0. The number of nitrogens with zero attached hydrogens (tertiary/aromatic N) is 2. The van der Waals surface area contributed by atoms with Crippen molar-refractivity contribution in [1.82, 2.24) is 15.5 Å². The van der Waals surface area contributed by atoms with Crippen LogP contribution in [-0.2, 0) is 16.0 Å². The van der Waals surface area contributed by atoms with Crippen molar-refractivity contribution in [2.24, 2.45) is 10.9 Å². The predicted octanol–water partition coefficient (Wildman–Crippen LogP) is 3.97. The zero-order valence-corrected chi connectivity index (χ0v) is 22.3. The van der Waals surface area contributed by atoms with Crippen LogP contribution in [0.3, 0.4) is 0 Å². The summed E-state index contributed by atoms with van der Waals surface area (Å²) in [5.41, 5.74) is 2.76. The summed E-state index contributed by atoms with van der Waals surface area (Å²) in [5, 5.41) is 7.05. The van der Waals surface area contributed by atoms with Crippen molar-refractivity contribution in [2.75, 3.05) is 52.6 Å². The van der Waals surface area contributed by atoms with Gasteiger partial charge in [-0.05, 0) is 57.4 Å². The number of hydrogen-bond donors (Lipinski definition) is 2. The van der Waals surface area contributed by atoms with Gasteiger partial charge in [0.1, 0.15) is 0 Å². The highest BCUT2D eigenvalue weighted by Crippen LogP contribution is 2.15. The Balaban J connectivity index is 0.00000363. The molecule has 2 aliphatic heterocycles. The van der Waals surface area contributed by atoms with Gasteiger partial charge in [0.2, 0.25) is 0 Å². The van der Waals surface area contributed by atoms with Crippen molar-refractivity contribution >= 4 is 29.9 Å². The quantitative estimate of drug-likeness (QED) is 0.197. The highest BCUT2D eigenvalue weighted by Gasteiger charge is 2.20. The van der Waals surface area contributed by atoms with Crippen LogP contribution in [0.5, 0.6) is 0 Å². The van der Waals surface area contributed by atoms with E-state index in [1.807, 2.05) is 0 Å². The van der Waals surface area contributed by atoms with E-state index in [1.54, 1.807) is 0 Å². The van der Waals surface area contributed by atoms with Gasteiger partial charge in [0, 0.05) is 65.2 Å². The third-order valence-corrected chi connectivity index (χ3v) is 6.17. The van der Waals surface area contributed by atoms with Gasteiger partial charge in [0.05, 0.1) is 0 Å². The normalized spacial score (nSPS) is 18.9. The van der Waals surface area contributed by atoms with E-state index in [4.69, 9.17) is 14.5 Å². The molecular weight excluding hydrogens is 515 g/mol. The molecule has 0 radical (unpaired) electrons. The Hall–Kier alpha value is -0.900. The van der Waals surface area contributed by atoms with E-state index in [1.165, 1.54) is 11.1 Å². The first-order valence-corrected chi connectivity index (χ1v) is 12.2. The number of nitrogens with one attached hydrogen (secondary N) is 2. The first-order chi connectivity index (χ1) is 15.2. The molecule has 2 saturated heterocycles. The lowest BCUT2D eigenvalue weighted by Crippen LogP contribution is -2.48. The first-order valence-electron chi connectivity index (χ1n) is 12.2. The number of benzene rings is 1. The van der Waals surface area contributed by atoms with Crippen molar-refractivity contribution in [1.29, 1.82) is 0 Å². The number of aryl methyl sites for hydroxylation is 1. The zero-order valence-electron chi connectivity index (χ0n) is 20.0. The molecule has 0 unspecified atom stereocenters. The zero-order chi connectivity index (χ0) is 21.7. The summed E-state index contributed by atoms with van der Waals surface area (Å²) in [6.07, 6.45) is 5.55. The first kappa shape index (κ1) is 27.3. The molecule has 182 valence electrons. The second-order valence-electron chi connectivity index (χ2n) is 8.93. The number of aliphatic imine (C=N–C) groups is 1. The fraction of sp³-hybridized carbons (Fsp3) is 0.720. The summed E-state index contributed by atoms with van der Waals surface area (Å²) in [6.45, 7) is 12.7. The van der Waals surface area contributed by atoms with Gasteiger partial charge in [-0.15, -0.1) is 24.0 Å². The van der Waals surface area contributed by atoms with Gasteiger partial charge in [0.15, 0.2) is 5.96 Å². The van der Waals surface area contributed by atoms with Crippen LogP contribution in [0.2, 0.25) is 0 Å². The van der Waals surface area contributed by atoms with E-state index in [9.17, 15) is 0 Å². The maximum atomic E-state index is 5.86. The largest absolute Gasteiger partial charge is 0.381 e. The van der Waals surface area contributed by atoms with Gasteiger partial charge >= 0.3 is 0 Å². The molecule has 0 spiro atoms. The van der Waals surface area contributed by atoms with Crippen LogP contribution >= 0.6 is 24.0 Å². The summed E-state index contributed by atoms with van der Waals surface area (Å²) < 4.78 is 11.3. The number of likely N-dealkylation sites (tertiary alicyclic amines) is 1. The average molecular weight is 559 g/mol. The minimum Gasteiger partial charge on any atom is -0.381 e. The van der Waals surface area contributed by atoms with Crippen LogP contribution in [0.25, 0.3) is 0 Å². The van der Waals surface area contributed by atoms with E-state index in [-0.39, 0.29) is 24.0 Å². The number of halogens is 1. The molecule has 6 nitrogen and oxygen atoms in total. The lowest BCUT2D eigenvalue weighted by molar-refractivity contribution is 0.0205. The Labute approximate surface area is 211 Å². The molecule has 1 aromatic rings. The molecule has 2 N–H and O–H groups in total. The van der Waals surface area contributed by atoms with Gasteiger partial charge in [-0.25, -0.2) is 0 Å². The van der Waals surface area contributed by atoms with Crippen LogP contribution in [-0.4, -0.2) is 69.5 Å². The van der Waals surface area contributed by atoms with Gasteiger partial charge < -0.3 is 20.1 Å². The number of hydrogen-bond acceptors (Lipinski definition) is 4. The lowest BCUT2D eigenvalue weighted by Gasteiger charge is -2.33. The molecular formula is C25H43IN4O2. The van der Waals surface area contributed by atoms with E-state index < -0.39 is 0 Å². The second-order valence-corrected chi connectivity index (χ2v) is 8.93. The topological polar surface area (TPSA) is 58.1 Å². The van der Waals surface area contributed by atoms with Crippen molar-refractivity contribution in [3.8, 4) is 0 Å². The van der Waals surface area contributed by atoms with Gasteiger partial charge in [0.25, 0.3) is 0 Å². The van der Waals surface area contributed by atoms with E-state index >= 15 is 0 Å². The minimum absolute atomic E-state index is 0. The Morgan fingerprint density at radius 1 is 1.19 bits per heavy atom. The Morgan fingerprint density at radius 2 is 1.97 bits per heavy atom. The second kappa shape index (κ2) is 15.9. The maximum absolute atomic E-state index is 5.86. The lowest BCUT2D eigenvalue weighted by atomic mass is 10.0. The molecule has 1 aromatic carbocycles. The maximum Gasteiger partial charge on any atom is 0.191 e. The van der Waals surface area contributed by atoms with Crippen LogP contribution in [0.4, 0.5) is 0 Å². The van der Waals surface area contributed by atoms with Crippen molar-refractivity contribution in [3.05, 3.63) is 35.4 Å². The Bertz CT molecular complexity index is 659. The summed E-state index contributed by atoms with van der Waals surface area (Å²) in [7, 11) is 0. The van der Waals surface area contributed by atoms with E-state index in [0.717, 1.165) is 97.2 Å². The summed E-state index contributed by atoms with van der Waals surface area (Å²) >= 11 is 0. The fourth-order valence-corrected chi connectivity index (χ4v) is 4.34. The molecule has 32 heavy (non-hydrogen) atoms. The predicted molar refractivity (Wildman–Crippen MR) is 143 cm³/mol. The van der Waals surface area contributed by atoms with Crippen LogP contribution in [0, 0.1) is 12.8 Å². The fourth-order valence-electron chi connectivity index (χ4n) is 4.34. The molecule has 0 atom stereocenters. The van der Waals surface area contributed by atoms with Crippen molar-refractivity contribution < 1.29 is 9.47 Å². The van der Waals surface area contributed by atoms with Crippen LogP contribution in [0.1, 0.15) is 50.2 Å². The van der Waals surface area contributed by atoms with E-state index in [0.29, 0.717) is 12.0 Å². The molecule has 0 aliphatic carbocycles. The molecule has 2 aliphatic rings. The third kappa shape index (κ3) is 10.4. The third-order valence-electron chi connectivity index (χ3n) is 6.17. The van der Waals surface area contributed by atoms with Crippen molar-refractivity contribution in [3.63, 3.8) is 0 Å². The van der Waals surface area contributed by atoms with Gasteiger partial charge in [-0.2, -0.15) is 0 Å². The molecule has 3 rings (SSSR count). The van der Waals surface area contributed by atoms with Gasteiger partial charge in [-0.1, -0.05) is 29.8 Å². The average Bonchev–Trinajstić information content (AvgIpc) is 2.78. The van der Waals surface area contributed by atoms with Crippen LogP contribution < -0.4 is 10.6 Å². The Kier molecular flexibility index (Phi) is 13.5.